The summed E-state index contributed by atoms with van der Waals surface area (Å²) >= 11 is 5.57. The molecule has 53 valence electrons. The van der Waals surface area contributed by atoms with Crippen LogP contribution in [-0.4, -0.2) is 12.2 Å². The molecule has 0 unspecified atom stereocenters. The summed E-state index contributed by atoms with van der Waals surface area (Å²) in [5.41, 5.74) is 0. The van der Waals surface area contributed by atoms with E-state index in [9.17, 15) is 0 Å². The Labute approximate surface area is 64.0 Å². The predicted molar refractivity (Wildman–Crippen MR) is 38.5 cm³/mol. The third-order valence-electron chi connectivity index (χ3n) is 1.01. The first-order chi connectivity index (χ1) is 4.72. The van der Waals surface area contributed by atoms with Gasteiger partial charge in [-0.2, -0.15) is 0 Å². The summed E-state index contributed by atoms with van der Waals surface area (Å²) in [5.74, 6) is 0.425. The molecule has 0 aliphatic heterocycles. The molecule has 1 aromatic carbocycles. The molecular formula is C7H6ClO2. The zero-order valence-electron chi connectivity index (χ0n) is 5.39. The van der Waals surface area contributed by atoms with Crippen molar-refractivity contribution in [3.8, 4) is 11.5 Å². The second-order valence-electron chi connectivity index (χ2n) is 1.75. The molecule has 1 radical (unpaired) electrons. The summed E-state index contributed by atoms with van der Waals surface area (Å²) in [6, 6.07) is 5.51. The van der Waals surface area contributed by atoms with Gasteiger partial charge < -0.3 is 9.84 Å². The van der Waals surface area contributed by atoms with Crippen molar-refractivity contribution in [3.05, 3.63) is 23.2 Å². The Balaban J connectivity index is 3.06. The molecule has 3 heteroatoms. The molecule has 0 fully saturated rings. The zero-order valence-corrected chi connectivity index (χ0v) is 6.14. The van der Waals surface area contributed by atoms with Gasteiger partial charge in [0.15, 0.2) is 0 Å². The van der Waals surface area contributed by atoms with Crippen LogP contribution in [0, 0.1) is 6.07 Å². The molecular weight excluding hydrogens is 152 g/mol. The minimum Gasteiger partial charge on any atom is -0.507 e. The summed E-state index contributed by atoms with van der Waals surface area (Å²) in [6.45, 7) is 0. The molecule has 0 bridgehead atoms. The SMILES string of the molecule is COc1[c]c(O)cc(Cl)c1. The van der Waals surface area contributed by atoms with Crippen molar-refractivity contribution in [2.75, 3.05) is 7.11 Å². The fraction of sp³-hybridized carbons (Fsp3) is 0.143. The molecule has 0 heterocycles. The molecule has 0 atom stereocenters. The number of benzene rings is 1. The minimum absolute atomic E-state index is 0.00986. The van der Waals surface area contributed by atoms with E-state index < -0.39 is 0 Å². The van der Waals surface area contributed by atoms with E-state index in [-0.39, 0.29) is 5.75 Å². The van der Waals surface area contributed by atoms with Crippen LogP contribution in [-0.2, 0) is 0 Å². The smallest absolute Gasteiger partial charge is 0.132 e. The lowest BCUT2D eigenvalue weighted by Gasteiger charge is -1.98. The van der Waals surface area contributed by atoms with Crippen molar-refractivity contribution in [1.82, 2.24) is 0 Å². The van der Waals surface area contributed by atoms with Gasteiger partial charge in [0.05, 0.1) is 13.2 Å². The standard InChI is InChI=1S/C7H6ClO2/c1-10-7-3-5(8)2-6(9)4-7/h2-3,9H,1H3. The number of aromatic hydroxyl groups is 1. The maximum Gasteiger partial charge on any atom is 0.132 e. The summed E-state index contributed by atoms with van der Waals surface area (Å²) in [7, 11) is 1.49. The average Bonchev–Trinajstić information content (AvgIpc) is 1.85. The highest BCUT2D eigenvalue weighted by Gasteiger charge is 1.96. The summed E-state index contributed by atoms with van der Waals surface area (Å²) < 4.78 is 4.78. The molecule has 1 N–H and O–H groups in total. The van der Waals surface area contributed by atoms with E-state index >= 15 is 0 Å². The van der Waals surface area contributed by atoms with Gasteiger partial charge in [-0.3, -0.25) is 0 Å². The summed E-state index contributed by atoms with van der Waals surface area (Å²) in [5, 5.41) is 9.34. The monoisotopic (exact) mass is 157 g/mol. The number of methoxy groups -OCH3 is 1. The lowest BCUT2D eigenvalue weighted by molar-refractivity contribution is 0.406. The van der Waals surface area contributed by atoms with Crippen molar-refractivity contribution in [2.45, 2.75) is 0 Å². The van der Waals surface area contributed by atoms with Gasteiger partial charge in [-0.15, -0.1) is 0 Å². The lowest BCUT2D eigenvalue weighted by atomic mass is 10.3. The zero-order chi connectivity index (χ0) is 7.56. The fourth-order valence-corrected chi connectivity index (χ4v) is 0.808. The number of hydrogen-bond donors (Lipinski definition) is 1. The van der Waals surface area contributed by atoms with Gasteiger partial charge in [0.25, 0.3) is 0 Å². The third kappa shape index (κ3) is 1.54. The van der Waals surface area contributed by atoms with Crippen molar-refractivity contribution >= 4 is 11.6 Å². The van der Waals surface area contributed by atoms with Crippen LogP contribution >= 0.6 is 11.6 Å². The van der Waals surface area contributed by atoms with Crippen LogP contribution in [0.5, 0.6) is 11.5 Å². The molecule has 0 aromatic heterocycles. The second kappa shape index (κ2) is 2.80. The molecule has 0 spiro atoms. The van der Waals surface area contributed by atoms with Gasteiger partial charge in [-0.1, -0.05) is 11.6 Å². The molecule has 1 rings (SSSR count). The largest absolute Gasteiger partial charge is 0.507 e. The van der Waals surface area contributed by atoms with Crippen molar-refractivity contribution in [3.63, 3.8) is 0 Å². The highest BCUT2D eigenvalue weighted by molar-refractivity contribution is 6.30. The van der Waals surface area contributed by atoms with E-state index in [0.717, 1.165) is 0 Å². The number of hydrogen-bond acceptors (Lipinski definition) is 2. The predicted octanol–water partition coefficient (Wildman–Crippen LogP) is 1.85. The van der Waals surface area contributed by atoms with Crippen molar-refractivity contribution in [1.29, 1.82) is 0 Å². The number of ether oxygens (including phenoxy) is 1. The Morgan fingerprint density at radius 1 is 1.60 bits per heavy atom. The molecule has 2 nitrogen and oxygen atoms in total. The molecule has 10 heavy (non-hydrogen) atoms. The van der Waals surface area contributed by atoms with Crippen LogP contribution < -0.4 is 4.74 Å². The first-order valence-corrected chi connectivity index (χ1v) is 3.06. The number of phenolic OH excluding ortho intramolecular Hbond substituents is 1. The summed E-state index contributed by atoms with van der Waals surface area (Å²) in [6.07, 6.45) is 0. The second-order valence-corrected chi connectivity index (χ2v) is 2.19. The Bertz CT molecular complexity index is 215. The summed E-state index contributed by atoms with van der Waals surface area (Å²) in [4.78, 5) is 0. The van der Waals surface area contributed by atoms with E-state index in [1.165, 1.54) is 13.2 Å². The average molecular weight is 158 g/mol. The Hall–Kier alpha value is -0.890. The first kappa shape index (κ1) is 7.22. The van der Waals surface area contributed by atoms with Gasteiger partial charge in [0.1, 0.15) is 11.5 Å². The lowest BCUT2D eigenvalue weighted by Crippen LogP contribution is -1.81. The molecule has 0 saturated carbocycles. The van der Waals surface area contributed by atoms with Crippen LogP contribution in [0.15, 0.2) is 12.1 Å². The minimum atomic E-state index is -0.00986. The van der Waals surface area contributed by atoms with Crippen LogP contribution in [0.1, 0.15) is 0 Å². The van der Waals surface area contributed by atoms with E-state index in [1.807, 2.05) is 0 Å². The van der Waals surface area contributed by atoms with Crippen molar-refractivity contribution in [2.24, 2.45) is 0 Å². The Morgan fingerprint density at radius 2 is 2.30 bits per heavy atom. The maximum absolute atomic E-state index is 8.91. The first-order valence-electron chi connectivity index (χ1n) is 2.68. The van der Waals surface area contributed by atoms with Crippen LogP contribution in [0.4, 0.5) is 0 Å². The Kier molecular flexibility index (Phi) is 2.02. The molecule has 0 amide bonds. The number of phenols is 1. The van der Waals surface area contributed by atoms with Crippen LogP contribution in [0.2, 0.25) is 5.02 Å². The van der Waals surface area contributed by atoms with E-state index in [4.69, 9.17) is 21.4 Å². The van der Waals surface area contributed by atoms with E-state index in [0.29, 0.717) is 10.8 Å². The van der Waals surface area contributed by atoms with Crippen LogP contribution in [0.3, 0.4) is 0 Å². The fourth-order valence-electron chi connectivity index (χ4n) is 0.606. The number of rotatable bonds is 1. The van der Waals surface area contributed by atoms with Gasteiger partial charge in [0.2, 0.25) is 0 Å². The Morgan fingerprint density at radius 3 is 2.80 bits per heavy atom. The highest BCUT2D eigenvalue weighted by atomic mass is 35.5. The van der Waals surface area contributed by atoms with Crippen molar-refractivity contribution < 1.29 is 9.84 Å². The normalized spacial score (nSPS) is 9.40. The third-order valence-corrected chi connectivity index (χ3v) is 1.23. The quantitative estimate of drug-likeness (QED) is 0.674. The topological polar surface area (TPSA) is 29.5 Å². The molecule has 0 aliphatic rings. The molecule has 0 aliphatic carbocycles. The maximum atomic E-state index is 8.91. The molecule has 0 saturated heterocycles. The van der Waals surface area contributed by atoms with E-state index in [2.05, 4.69) is 6.07 Å². The van der Waals surface area contributed by atoms with Gasteiger partial charge >= 0.3 is 0 Å². The van der Waals surface area contributed by atoms with Gasteiger partial charge in [-0.05, 0) is 12.1 Å². The molecule has 1 aromatic rings. The van der Waals surface area contributed by atoms with Gasteiger partial charge in [0, 0.05) is 5.02 Å². The number of halogens is 1. The van der Waals surface area contributed by atoms with E-state index in [1.54, 1.807) is 6.07 Å². The van der Waals surface area contributed by atoms with Crippen LogP contribution in [0.25, 0.3) is 0 Å². The highest BCUT2D eigenvalue weighted by Crippen LogP contribution is 2.23. The van der Waals surface area contributed by atoms with Gasteiger partial charge in [-0.25, -0.2) is 0 Å².